The summed E-state index contributed by atoms with van der Waals surface area (Å²) in [5.74, 6) is 0.888. The molecule has 0 aliphatic heterocycles. The lowest BCUT2D eigenvalue weighted by molar-refractivity contribution is 0.0950. The van der Waals surface area contributed by atoms with E-state index in [1.54, 1.807) is 22.8 Å². The molecule has 0 unspecified atom stereocenters. The van der Waals surface area contributed by atoms with E-state index in [9.17, 15) is 9.90 Å². The van der Waals surface area contributed by atoms with Crippen molar-refractivity contribution in [1.82, 2.24) is 19.9 Å². The van der Waals surface area contributed by atoms with Gasteiger partial charge in [-0.1, -0.05) is 54.6 Å². The lowest BCUT2D eigenvalue weighted by atomic mass is 10.1. The molecule has 0 saturated carbocycles. The molecule has 0 spiro atoms. The van der Waals surface area contributed by atoms with Gasteiger partial charge in [0.15, 0.2) is 5.65 Å². The summed E-state index contributed by atoms with van der Waals surface area (Å²) in [5.41, 5.74) is 6.79. The zero-order chi connectivity index (χ0) is 25.1. The normalized spacial score (nSPS) is 10.9. The molecule has 5 rings (SSSR count). The van der Waals surface area contributed by atoms with Gasteiger partial charge in [-0.25, -0.2) is 4.98 Å². The van der Waals surface area contributed by atoms with Crippen LogP contribution in [-0.4, -0.2) is 25.6 Å². The fraction of sp³-hybridized carbons (Fsp3) is 0.138. The zero-order valence-electron chi connectivity index (χ0n) is 20.2. The number of anilines is 1. The summed E-state index contributed by atoms with van der Waals surface area (Å²) in [7, 11) is 0. The van der Waals surface area contributed by atoms with Crippen molar-refractivity contribution in [1.29, 1.82) is 0 Å². The first-order valence-corrected chi connectivity index (χ1v) is 11.8. The number of fused-ring (bicyclic) bond motifs is 1. The van der Waals surface area contributed by atoms with Crippen LogP contribution in [0.4, 0.5) is 5.82 Å². The molecule has 0 bridgehead atoms. The number of rotatable bonds is 7. The van der Waals surface area contributed by atoms with Gasteiger partial charge in [0.2, 0.25) is 0 Å². The number of carbonyl (C=O) groups is 1. The Morgan fingerprint density at radius 3 is 2.33 bits per heavy atom. The van der Waals surface area contributed by atoms with E-state index < -0.39 is 0 Å². The lowest BCUT2D eigenvalue weighted by Crippen LogP contribution is -2.23. The highest BCUT2D eigenvalue weighted by molar-refractivity contribution is 5.95. The van der Waals surface area contributed by atoms with E-state index in [1.165, 1.54) is 0 Å². The second kappa shape index (κ2) is 9.92. The van der Waals surface area contributed by atoms with E-state index in [-0.39, 0.29) is 11.7 Å². The number of aromatic nitrogens is 3. The standard InChI is InChI=1S/C29H27N5O2/c1-19-7-3-4-8-23(19)29(36)31-18-22-13-11-21(12-14-22)17-30-27-15-25(24-9-5-6-10-26(24)35)33-28-20(2)16-32-34(27)28/h3-16,30,35H,17-18H2,1-2H3,(H,31,36). The van der Waals surface area contributed by atoms with Crippen LogP contribution in [0.3, 0.4) is 0 Å². The molecule has 180 valence electrons. The Hall–Kier alpha value is -4.65. The third-order valence-electron chi connectivity index (χ3n) is 6.17. The summed E-state index contributed by atoms with van der Waals surface area (Å²) in [6.45, 7) is 4.93. The summed E-state index contributed by atoms with van der Waals surface area (Å²) >= 11 is 0. The molecule has 0 fully saturated rings. The zero-order valence-corrected chi connectivity index (χ0v) is 20.2. The van der Waals surface area contributed by atoms with Crippen molar-refractivity contribution < 1.29 is 9.90 Å². The fourth-order valence-corrected chi connectivity index (χ4v) is 4.10. The van der Waals surface area contributed by atoms with Gasteiger partial charge in [-0.2, -0.15) is 9.61 Å². The van der Waals surface area contributed by atoms with E-state index in [4.69, 9.17) is 4.98 Å². The van der Waals surface area contributed by atoms with Gasteiger partial charge in [-0.05, 0) is 48.7 Å². The van der Waals surface area contributed by atoms with Crippen LogP contribution in [0, 0.1) is 13.8 Å². The van der Waals surface area contributed by atoms with Crippen LogP contribution in [0.5, 0.6) is 5.75 Å². The number of aryl methyl sites for hydroxylation is 2. The molecule has 2 aromatic heterocycles. The number of carbonyl (C=O) groups excluding carboxylic acids is 1. The van der Waals surface area contributed by atoms with Crippen molar-refractivity contribution in [3.05, 3.63) is 113 Å². The van der Waals surface area contributed by atoms with Gasteiger partial charge in [0, 0.05) is 35.8 Å². The third kappa shape index (κ3) is 4.77. The lowest BCUT2D eigenvalue weighted by Gasteiger charge is -2.12. The van der Waals surface area contributed by atoms with Crippen LogP contribution in [0.2, 0.25) is 0 Å². The average Bonchev–Trinajstić information content (AvgIpc) is 3.27. The van der Waals surface area contributed by atoms with Crippen LogP contribution in [0.25, 0.3) is 16.9 Å². The smallest absolute Gasteiger partial charge is 0.251 e. The number of amides is 1. The Balaban J connectivity index is 1.29. The first-order chi connectivity index (χ1) is 17.5. The highest BCUT2D eigenvalue weighted by atomic mass is 16.3. The number of benzene rings is 3. The predicted molar refractivity (Wildman–Crippen MR) is 141 cm³/mol. The molecule has 3 aromatic carbocycles. The number of hydrogen-bond donors (Lipinski definition) is 3. The molecule has 1 amide bonds. The number of phenolic OH excluding ortho intramolecular Hbond substituents is 1. The Labute approximate surface area is 209 Å². The van der Waals surface area contributed by atoms with E-state index in [0.717, 1.165) is 33.7 Å². The Bertz CT molecular complexity index is 1540. The summed E-state index contributed by atoms with van der Waals surface area (Å²) in [6, 6.07) is 24.7. The number of nitrogens with one attached hydrogen (secondary N) is 2. The number of para-hydroxylation sites is 1. The van der Waals surface area contributed by atoms with Crippen LogP contribution in [-0.2, 0) is 13.1 Å². The maximum absolute atomic E-state index is 12.5. The van der Waals surface area contributed by atoms with Gasteiger partial charge >= 0.3 is 0 Å². The summed E-state index contributed by atoms with van der Waals surface area (Å²) in [4.78, 5) is 17.2. The molecule has 0 aliphatic carbocycles. The van der Waals surface area contributed by atoms with Crippen molar-refractivity contribution in [3.63, 3.8) is 0 Å². The summed E-state index contributed by atoms with van der Waals surface area (Å²) in [6.07, 6.45) is 1.78. The minimum atomic E-state index is -0.0738. The van der Waals surface area contributed by atoms with E-state index in [0.29, 0.717) is 29.9 Å². The quantitative estimate of drug-likeness (QED) is 0.297. The SMILES string of the molecule is Cc1ccccc1C(=O)NCc1ccc(CNc2cc(-c3ccccc3O)nc3c(C)cnn23)cc1. The van der Waals surface area contributed by atoms with Crippen LogP contribution in [0.15, 0.2) is 85.1 Å². The van der Waals surface area contributed by atoms with Gasteiger partial charge in [0.25, 0.3) is 5.91 Å². The minimum Gasteiger partial charge on any atom is -0.507 e. The van der Waals surface area contributed by atoms with Gasteiger partial charge < -0.3 is 15.7 Å². The van der Waals surface area contributed by atoms with E-state index >= 15 is 0 Å². The molecule has 3 N–H and O–H groups in total. The molecule has 2 heterocycles. The van der Waals surface area contributed by atoms with Crippen molar-refractivity contribution in [2.45, 2.75) is 26.9 Å². The van der Waals surface area contributed by atoms with Crippen LogP contribution >= 0.6 is 0 Å². The monoisotopic (exact) mass is 477 g/mol. The first kappa shape index (κ1) is 23.1. The highest BCUT2D eigenvalue weighted by Gasteiger charge is 2.13. The van der Waals surface area contributed by atoms with Gasteiger partial charge in [0.1, 0.15) is 11.6 Å². The number of hydrogen-bond acceptors (Lipinski definition) is 5. The minimum absolute atomic E-state index is 0.0738. The molecule has 0 radical (unpaired) electrons. The van der Waals surface area contributed by atoms with Crippen LogP contribution in [0.1, 0.15) is 32.6 Å². The fourth-order valence-electron chi connectivity index (χ4n) is 4.10. The van der Waals surface area contributed by atoms with Crippen molar-refractivity contribution in [2.75, 3.05) is 5.32 Å². The maximum atomic E-state index is 12.5. The Morgan fingerprint density at radius 2 is 1.58 bits per heavy atom. The first-order valence-electron chi connectivity index (χ1n) is 11.8. The second-order valence-corrected chi connectivity index (χ2v) is 8.77. The van der Waals surface area contributed by atoms with Crippen molar-refractivity contribution in [3.8, 4) is 17.0 Å². The molecule has 7 heteroatoms. The van der Waals surface area contributed by atoms with E-state index in [1.807, 2.05) is 80.6 Å². The molecule has 36 heavy (non-hydrogen) atoms. The number of phenols is 1. The molecular weight excluding hydrogens is 450 g/mol. The van der Waals surface area contributed by atoms with Crippen LogP contribution < -0.4 is 10.6 Å². The Morgan fingerprint density at radius 1 is 0.889 bits per heavy atom. The van der Waals surface area contributed by atoms with Gasteiger partial charge in [-0.3, -0.25) is 4.79 Å². The molecular formula is C29H27N5O2. The number of nitrogens with zero attached hydrogens (tertiary/aromatic N) is 3. The molecule has 0 saturated heterocycles. The van der Waals surface area contributed by atoms with Crippen molar-refractivity contribution >= 4 is 17.4 Å². The highest BCUT2D eigenvalue weighted by Crippen LogP contribution is 2.30. The Kier molecular flexibility index (Phi) is 6.36. The average molecular weight is 478 g/mol. The van der Waals surface area contributed by atoms with Crippen molar-refractivity contribution in [2.24, 2.45) is 0 Å². The van der Waals surface area contributed by atoms with Gasteiger partial charge in [-0.15, -0.1) is 0 Å². The molecule has 7 nitrogen and oxygen atoms in total. The largest absolute Gasteiger partial charge is 0.507 e. The van der Waals surface area contributed by atoms with E-state index in [2.05, 4.69) is 15.7 Å². The topological polar surface area (TPSA) is 91.5 Å². The summed E-state index contributed by atoms with van der Waals surface area (Å²) < 4.78 is 1.77. The molecule has 0 atom stereocenters. The van der Waals surface area contributed by atoms with Gasteiger partial charge in [0.05, 0.1) is 11.9 Å². The number of aromatic hydroxyl groups is 1. The maximum Gasteiger partial charge on any atom is 0.251 e. The molecule has 5 aromatic rings. The second-order valence-electron chi connectivity index (χ2n) is 8.77. The summed E-state index contributed by atoms with van der Waals surface area (Å²) in [5, 5.41) is 21.2. The molecule has 0 aliphatic rings. The predicted octanol–water partition coefficient (Wildman–Crippen LogP) is 5.26. The third-order valence-corrected chi connectivity index (χ3v) is 6.17.